The SMILES string of the molecule is C.C.C.CC(C)(C)OC(=O)NCC(=O)c1cc(-c2ccc(C#CC#CC3CC3C(=O)N3CCCCC3C(=O)O)cc2)nc2ccncc12.CC(C)(C)OC(=O)NCC(=O)c1cc(-c2ccc(C#CC#CC3CC3C(=O)O)cc2)nc2ccncc12.COC(=O)C1CCCCN1C(=O)C1CC1C#CC#Cc1ccc(-c2cc(C(=O)CNC(=O)OC(C)(C)C)c3cnccc3n2)cc1.O.[K+].[Li+].[OH-].[SH-]. The Kier molecular flexibility index (Phi) is 44.6. The number of amides is 5. The summed E-state index contributed by atoms with van der Waals surface area (Å²) in [7, 11) is 1.35. The summed E-state index contributed by atoms with van der Waals surface area (Å²) in [5, 5.41) is 27.7. The quantitative estimate of drug-likeness (QED) is 0.0111. The summed E-state index contributed by atoms with van der Waals surface area (Å²) in [4.78, 5) is 166. The summed E-state index contributed by atoms with van der Waals surface area (Å²) in [5.74, 6) is 30.6. The molecule has 3 saturated carbocycles. The smallest absolute Gasteiger partial charge is 0.870 e. The number of esters is 1. The normalized spacial score (nSPS) is 16.9. The summed E-state index contributed by atoms with van der Waals surface area (Å²) >= 11 is 0. The predicted molar refractivity (Wildman–Crippen MR) is 510 cm³/mol. The number of methoxy groups -OCH3 is 1. The van der Waals surface area contributed by atoms with Crippen LogP contribution in [0.5, 0.6) is 0 Å². The van der Waals surface area contributed by atoms with Crippen molar-refractivity contribution < 1.29 is 163 Å². The number of nitrogens with one attached hydrogen (secondary N) is 3. The molecule has 0 radical (unpaired) electrons. The fourth-order valence-corrected chi connectivity index (χ4v) is 14.2. The van der Waals surface area contributed by atoms with Crippen LogP contribution in [0.25, 0.3) is 66.5 Å². The van der Waals surface area contributed by atoms with E-state index in [4.69, 9.17) is 34.0 Å². The molecule has 8 atom stereocenters. The van der Waals surface area contributed by atoms with Crippen LogP contribution in [0.2, 0.25) is 0 Å². The molecule has 14 rings (SSSR count). The Balaban J connectivity index is 0.000000416. The van der Waals surface area contributed by atoms with Crippen LogP contribution in [0.15, 0.2) is 146 Å². The monoisotopic (exact) mass is 1880 g/mol. The van der Waals surface area contributed by atoms with Gasteiger partial charge in [0.1, 0.15) is 28.9 Å². The molecule has 5 aliphatic rings. The molecule has 5 amide bonds. The van der Waals surface area contributed by atoms with E-state index in [1.54, 1.807) is 141 Å². The van der Waals surface area contributed by atoms with Crippen molar-refractivity contribution in [2.75, 3.05) is 39.8 Å². The molecule has 6 aromatic heterocycles. The van der Waals surface area contributed by atoms with E-state index in [1.165, 1.54) is 12.0 Å². The number of carbonyl (C=O) groups excluding carboxylic acids is 9. The summed E-state index contributed by atoms with van der Waals surface area (Å²) in [6.45, 7) is 16.1. The molecule has 9 aromatic rings. The van der Waals surface area contributed by atoms with Crippen LogP contribution in [-0.4, -0.2) is 195 Å². The van der Waals surface area contributed by atoms with Gasteiger partial charge in [0.25, 0.3) is 0 Å². The van der Waals surface area contributed by atoms with Crippen LogP contribution < -0.4 is 86.2 Å². The fraction of sp³-hybridized carbons (Fsp3) is 0.369. The van der Waals surface area contributed by atoms with Crippen LogP contribution in [0.3, 0.4) is 0 Å². The molecular weight excluding hydrogens is 1770 g/mol. The minimum absolute atomic E-state index is 0. The largest absolute Gasteiger partial charge is 1.00 e. The van der Waals surface area contributed by atoms with Crippen LogP contribution in [0.1, 0.15) is 190 Å². The number of likely N-dealkylation sites (tertiary alicyclic amines) is 2. The molecular formula is C103H111KLiN11O19S. The number of ketones is 3. The standard InChI is InChI=1S/C36H36N4O6.C35H34N4O6.C29H25N3O5.3CH4.K.Li.2H2O.H2S/c1-36(2,3)46-35(44)38-22-32(41)27-20-30(39-29-16-17-37-21-28(27)29)24-14-12-23(13-15-24)9-5-6-10-25-19-26(25)33(42)40-18-8-7-11-31(40)34(43)45-4;1-35(2,3)45-34(44)37-21-31(40)26-19-29(38-28-15-16-36-20-27(26)28)23-13-11-22(12-14-23)8-4-5-9-24-18-25(24)32(41)39-17-7-6-10-30(39)33(42)43;1-29(2,3)37-28(36)31-17-26(33)22-15-25(32-24-12-13-30-16-23(22)24)19-10-8-18(9-11-19)6-4-5-7-20-14-21(20)27(34)35;;;;;;;;/h12-17,20-21,25-26,31H,7-8,11,18-19,22H2,1-4H3,(H,38,44);11-16,19-20,24-25,30H,6-7,10,17-18,21H2,1-3H3,(H,37,44)(H,42,43);8-13,15-16,20-21H,14,17H2,1-3H3,(H,31,36)(H,34,35);3*1H4;;;3*1H2/q;;;;;;2*+1;;;/p-2. The number of alkyl carbamates (subject to hydrolysis) is 3. The van der Waals surface area contributed by atoms with Crippen molar-refractivity contribution in [2.45, 2.75) is 171 Å². The van der Waals surface area contributed by atoms with Crippen LogP contribution in [0.4, 0.5) is 14.4 Å². The second-order valence-electron chi connectivity index (χ2n) is 34.1. The first-order valence-corrected chi connectivity index (χ1v) is 41.9. The Morgan fingerprint density at radius 3 is 1.01 bits per heavy atom. The van der Waals surface area contributed by atoms with E-state index in [-0.39, 0.29) is 207 Å². The zero-order valence-electron chi connectivity index (χ0n) is 75.9. The molecule has 0 spiro atoms. The molecule has 8 heterocycles. The molecule has 8 N–H and O–H groups in total. The zero-order valence-corrected chi connectivity index (χ0v) is 79.9. The first-order valence-electron chi connectivity index (χ1n) is 41.9. The maximum absolute atomic E-state index is 13.2. The van der Waals surface area contributed by atoms with Gasteiger partial charge in [-0.3, -0.25) is 43.7 Å². The van der Waals surface area contributed by atoms with E-state index in [1.807, 2.05) is 72.8 Å². The molecule has 8 unspecified atom stereocenters. The number of pyridine rings is 6. The Morgan fingerprint density at radius 1 is 0.426 bits per heavy atom. The molecule has 2 aliphatic heterocycles. The number of piperidine rings is 2. The number of carbonyl (C=O) groups is 11. The van der Waals surface area contributed by atoms with Gasteiger partial charge in [-0.2, -0.15) is 0 Å². The average molecular weight is 1890 g/mol. The van der Waals surface area contributed by atoms with Crippen molar-refractivity contribution in [1.82, 2.24) is 55.7 Å². The molecule has 2 saturated heterocycles. The summed E-state index contributed by atoms with van der Waals surface area (Å²) in [6.07, 6.45) is 14.0. The van der Waals surface area contributed by atoms with Gasteiger partial charge in [-0.15, -0.1) is 0 Å². The number of carboxylic acid groups (broad SMARTS) is 2. The van der Waals surface area contributed by atoms with E-state index >= 15 is 0 Å². The van der Waals surface area contributed by atoms with Gasteiger partial charge < -0.3 is 79.4 Å². The van der Waals surface area contributed by atoms with Crippen molar-refractivity contribution in [3.8, 4) is 105 Å². The van der Waals surface area contributed by atoms with Crippen LogP contribution in [-0.2, 0) is 56.4 Å². The van der Waals surface area contributed by atoms with Crippen molar-refractivity contribution >= 4 is 112 Å². The molecule has 3 aliphatic carbocycles. The number of hydrogen-bond donors (Lipinski definition) is 5. The van der Waals surface area contributed by atoms with E-state index < -0.39 is 59.1 Å². The number of aliphatic carboxylic acids is 2. The Hall–Kier alpha value is -12.6. The number of ether oxygens (including phenoxy) is 4. The first kappa shape index (κ1) is 116. The summed E-state index contributed by atoms with van der Waals surface area (Å²) < 4.78 is 20.6. The molecule has 33 heteroatoms. The fourth-order valence-electron chi connectivity index (χ4n) is 14.2. The molecule has 0 bridgehead atoms. The minimum Gasteiger partial charge on any atom is -0.870 e. The van der Waals surface area contributed by atoms with E-state index in [0.717, 1.165) is 59.1 Å². The van der Waals surface area contributed by atoms with Crippen LogP contribution in [0, 0.1) is 107 Å². The summed E-state index contributed by atoms with van der Waals surface area (Å²) in [5.41, 5.74) is 7.26. The maximum atomic E-state index is 13.2. The maximum Gasteiger partial charge on any atom is 1.00 e. The van der Waals surface area contributed by atoms with Gasteiger partial charge in [-0.05, 0) is 228 Å². The predicted octanol–water partition coefficient (Wildman–Crippen LogP) is 7.73. The van der Waals surface area contributed by atoms with E-state index in [0.29, 0.717) is 112 Å². The number of aromatic nitrogens is 6. The topological polar surface area (TPSA) is 447 Å². The summed E-state index contributed by atoms with van der Waals surface area (Å²) in [6, 6.07) is 31.2. The Labute approximate surface area is 854 Å². The number of carboxylic acids is 2. The third kappa shape index (κ3) is 32.9. The van der Waals surface area contributed by atoms with Gasteiger partial charge in [-0.1, -0.05) is 94.2 Å². The first-order chi connectivity index (χ1) is 61.1. The van der Waals surface area contributed by atoms with Crippen LogP contribution >= 0.6 is 0 Å². The number of rotatable bonds is 17. The van der Waals surface area contributed by atoms with Crippen molar-refractivity contribution in [3.05, 3.63) is 180 Å². The number of nitrogens with zero attached hydrogens (tertiary/aromatic N) is 8. The van der Waals surface area contributed by atoms with Gasteiger partial charge in [0, 0.05) is 134 Å². The van der Waals surface area contributed by atoms with Gasteiger partial charge in [-0.25, -0.2) is 38.9 Å². The van der Waals surface area contributed by atoms with Gasteiger partial charge >= 0.3 is 106 Å². The Morgan fingerprint density at radius 2 is 0.721 bits per heavy atom. The number of hydrogen-bond acceptors (Lipinski definition) is 23. The zero-order chi connectivity index (χ0) is 91.6. The third-order valence-corrected chi connectivity index (χ3v) is 20.9. The van der Waals surface area contributed by atoms with Crippen molar-refractivity contribution in [1.29, 1.82) is 0 Å². The van der Waals surface area contributed by atoms with Crippen molar-refractivity contribution in [3.63, 3.8) is 0 Å². The molecule has 3 aromatic carbocycles. The molecule has 30 nitrogen and oxygen atoms in total. The van der Waals surface area contributed by atoms with Crippen molar-refractivity contribution in [2.24, 2.45) is 35.5 Å². The van der Waals surface area contributed by atoms with E-state index in [9.17, 15) is 57.8 Å². The van der Waals surface area contributed by atoms with Gasteiger partial charge in [0.05, 0.1) is 78.1 Å². The molecule has 700 valence electrons. The van der Waals surface area contributed by atoms with E-state index in [2.05, 4.69) is 107 Å². The number of benzene rings is 3. The third-order valence-electron chi connectivity index (χ3n) is 20.9. The molecule has 136 heavy (non-hydrogen) atoms. The van der Waals surface area contributed by atoms with Gasteiger partial charge in [0.15, 0.2) is 17.3 Å². The average Bonchev–Trinajstić information content (AvgIpc) is 1.64. The number of fused-ring (bicyclic) bond motifs is 3. The molecule has 5 fully saturated rings. The van der Waals surface area contributed by atoms with Gasteiger partial charge in [0.2, 0.25) is 11.8 Å². The minimum atomic E-state index is -0.946. The second-order valence-corrected chi connectivity index (χ2v) is 34.1. The second kappa shape index (κ2) is 52.5. The number of Topliss-reactive ketones (excluding diaryl/α,β-unsaturated/α-hetero) is 3. The number of thiol groups is 1. The Bertz CT molecular complexity index is 6290.